The Kier molecular flexibility index (Phi) is 2.11. The van der Waals surface area contributed by atoms with Crippen molar-refractivity contribution < 1.29 is 5.11 Å². The first-order valence-corrected chi connectivity index (χ1v) is 7.06. The van der Waals surface area contributed by atoms with Crippen LogP contribution in [0.25, 0.3) is 0 Å². The van der Waals surface area contributed by atoms with Gasteiger partial charge in [0.05, 0.1) is 6.10 Å². The molecule has 3 saturated carbocycles. The molecule has 0 heterocycles. The first-order valence-electron chi connectivity index (χ1n) is 7.06. The monoisotopic (exact) mass is 222 g/mol. The normalized spacial score (nSPS) is 58.7. The fourth-order valence-corrected chi connectivity index (χ4v) is 5.78. The summed E-state index contributed by atoms with van der Waals surface area (Å²) < 4.78 is 0. The minimum absolute atomic E-state index is 0.0192. The summed E-state index contributed by atoms with van der Waals surface area (Å²) in [7, 11) is 0. The summed E-state index contributed by atoms with van der Waals surface area (Å²) in [6.07, 6.45) is 5.14. The van der Waals surface area contributed by atoms with Crippen LogP contribution in [-0.4, -0.2) is 11.2 Å². The molecule has 6 unspecified atom stereocenters. The van der Waals surface area contributed by atoms with Crippen LogP contribution in [0.5, 0.6) is 0 Å². The molecule has 3 aliphatic carbocycles. The van der Waals surface area contributed by atoms with Crippen LogP contribution in [0.2, 0.25) is 0 Å². The molecule has 0 aromatic heterocycles. The van der Waals surface area contributed by atoms with Crippen LogP contribution in [0, 0.1) is 34.5 Å². The molecule has 16 heavy (non-hydrogen) atoms. The second-order valence-corrected chi connectivity index (χ2v) is 7.71. The Morgan fingerprint density at radius 2 is 1.75 bits per heavy atom. The molecular formula is C15H26O. The molecule has 0 aromatic carbocycles. The van der Waals surface area contributed by atoms with E-state index in [0.717, 1.165) is 17.8 Å². The number of aliphatic hydroxyl groups is 1. The van der Waals surface area contributed by atoms with Crippen LogP contribution in [-0.2, 0) is 0 Å². The average Bonchev–Trinajstić information content (AvgIpc) is 2.73. The Morgan fingerprint density at radius 3 is 2.44 bits per heavy atom. The highest BCUT2D eigenvalue weighted by molar-refractivity contribution is 5.15. The van der Waals surface area contributed by atoms with Gasteiger partial charge in [0.25, 0.3) is 0 Å². The van der Waals surface area contributed by atoms with Crippen molar-refractivity contribution in [2.24, 2.45) is 34.5 Å². The van der Waals surface area contributed by atoms with Gasteiger partial charge in [0.15, 0.2) is 0 Å². The van der Waals surface area contributed by atoms with E-state index in [4.69, 9.17) is 0 Å². The molecule has 6 atom stereocenters. The lowest BCUT2D eigenvalue weighted by Gasteiger charge is -2.38. The standard InChI is InChI=1S/C15H26O/c1-9-5-6-10-11(9)12-14(2,3)7-8-15(12,4)13(10)16/h9-13,16H,5-8H2,1-4H3. The van der Waals surface area contributed by atoms with Crippen molar-refractivity contribution in [1.29, 1.82) is 0 Å². The van der Waals surface area contributed by atoms with E-state index in [9.17, 15) is 5.11 Å². The second kappa shape index (κ2) is 3.04. The predicted molar refractivity (Wildman–Crippen MR) is 66.0 cm³/mol. The average molecular weight is 222 g/mol. The van der Waals surface area contributed by atoms with Gasteiger partial charge in [-0.2, -0.15) is 0 Å². The van der Waals surface area contributed by atoms with E-state index in [2.05, 4.69) is 27.7 Å². The third-order valence-corrected chi connectivity index (χ3v) is 6.43. The Hall–Kier alpha value is -0.0400. The van der Waals surface area contributed by atoms with Crippen molar-refractivity contribution in [1.82, 2.24) is 0 Å². The summed E-state index contributed by atoms with van der Waals surface area (Å²) in [5.74, 6) is 3.02. The minimum atomic E-state index is -0.0192. The van der Waals surface area contributed by atoms with Crippen LogP contribution < -0.4 is 0 Å². The molecule has 0 amide bonds. The van der Waals surface area contributed by atoms with E-state index >= 15 is 0 Å². The Labute approximate surface area is 99.6 Å². The summed E-state index contributed by atoms with van der Waals surface area (Å²) in [6, 6.07) is 0. The third-order valence-electron chi connectivity index (χ3n) is 6.43. The Bertz CT molecular complexity index is 309. The summed E-state index contributed by atoms with van der Waals surface area (Å²) in [6.45, 7) is 9.64. The number of rotatable bonds is 0. The van der Waals surface area contributed by atoms with Gasteiger partial charge in [-0.3, -0.25) is 0 Å². The van der Waals surface area contributed by atoms with Crippen LogP contribution >= 0.6 is 0 Å². The van der Waals surface area contributed by atoms with E-state index in [1.807, 2.05) is 0 Å². The molecule has 0 spiro atoms. The van der Waals surface area contributed by atoms with Crippen molar-refractivity contribution in [2.45, 2.75) is 59.5 Å². The fourth-order valence-electron chi connectivity index (χ4n) is 5.78. The minimum Gasteiger partial charge on any atom is -0.392 e. The molecule has 0 aliphatic heterocycles. The highest BCUT2D eigenvalue weighted by Crippen LogP contribution is 2.69. The molecule has 3 aliphatic rings. The lowest BCUT2D eigenvalue weighted by molar-refractivity contribution is 0.0166. The highest BCUT2D eigenvalue weighted by Gasteiger charge is 2.66. The molecule has 1 heteroatoms. The van der Waals surface area contributed by atoms with Gasteiger partial charge >= 0.3 is 0 Å². The third kappa shape index (κ3) is 1.11. The van der Waals surface area contributed by atoms with Gasteiger partial charge < -0.3 is 5.11 Å². The van der Waals surface area contributed by atoms with Crippen LogP contribution in [0.1, 0.15) is 53.4 Å². The van der Waals surface area contributed by atoms with Gasteiger partial charge in [-0.1, -0.05) is 34.1 Å². The number of hydrogen-bond acceptors (Lipinski definition) is 1. The zero-order valence-corrected chi connectivity index (χ0v) is 11.2. The Morgan fingerprint density at radius 1 is 1.06 bits per heavy atom. The van der Waals surface area contributed by atoms with Crippen molar-refractivity contribution >= 4 is 0 Å². The maximum atomic E-state index is 10.7. The number of aliphatic hydroxyl groups excluding tert-OH is 1. The molecule has 3 rings (SSSR count). The van der Waals surface area contributed by atoms with Crippen molar-refractivity contribution in [3.63, 3.8) is 0 Å². The summed E-state index contributed by atoms with van der Waals surface area (Å²) >= 11 is 0. The van der Waals surface area contributed by atoms with Crippen LogP contribution in [0.3, 0.4) is 0 Å². The van der Waals surface area contributed by atoms with Crippen molar-refractivity contribution in [3.8, 4) is 0 Å². The zero-order valence-electron chi connectivity index (χ0n) is 11.2. The lowest BCUT2D eigenvalue weighted by atomic mass is 9.67. The predicted octanol–water partition coefficient (Wildman–Crippen LogP) is 3.47. The van der Waals surface area contributed by atoms with Crippen molar-refractivity contribution in [3.05, 3.63) is 0 Å². The molecule has 1 nitrogen and oxygen atoms in total. The maximum absolute atomic E-state index is 10.7. The van der Waals surface area contributed by atoms with Gasteiger partial charge in [-0.25, -0.2) is 0 Å². The van der Waals surface area contributed by atoms with Gasteiger partial charge in [0.2, 0.25) is 0 Å². The van der Waals surface area contributed by atoms with E-state index in [-0.39, 0.29) is 11.5 Å². The van der Waals surface area contributed by atoms with Crippen LogP contribution in [0.4, 0.5) is 0 Å². The highest BCUT2D eigenvalue weighted by atomic mass is 16.3. The summed E-state index contributed by atoms with van der Waals surface area (Å²) in [5.41, 5.74) is 0.682. The van der Waals surface area contributed by atoms with Crippen LogP contribution in [0.15, 0.2) is 0 Å². The summed E-state index contributed by atoms with van der Waals surface area (Å²) in [4.78, 5) is 0. The van der Waals surface area contributed by atoms with E-state index in [0.29, 0.717) is 11.3 Å². The van der Waals surface area contributed by atoms with Gasteiger partial charge in [0, 0.05) is 0 Å². The van der Waals surface area contributed by atoms with E-state index in [1.54, 1.807) is 0 Å². The first-order chi connectivity index (χ1) is 7.38. The SMILES string of the molecule is CC1CCC2C1C1C(C)(C)CCC1(C)C2O. The molecule has 3 fully saturated rings. The molecule has 1 N–H and O–H groups in total. The summed E-state index contributed by atoms with van der Waals surface area (Å²) in [5, 5.41) is 10.7. The lowest BCUT2D eigenvalue weighted by Crippen LogP contribution is -2.35. The zero-order chi connectivity index (χ0) is 11.7. The molecular weight excluding hydrogens is 196 g/mol. The van der Waals surface area contributed by atoms with Gasteiger partial charge in [-0.05, 0) is 53.8 Å². The molecule has 0 bridgehead atoms. The number of fused-ring (bicyclic) bond motifs is 3. The van der Waals surface area contributed by atoms with Gasteiger partial charge in [-0.15, -0.1) is 0 Å². The molecule has 92 valence electrons. The molecule has 0 aromatic rings. The topological polar surface area (TPSA) is 20.2 Å². The molecule has 0 radical (unpaired) electrons. The Balaban J connectivity index is 2.04. The largest absolute Gasteiger partial charge is 0.392 e. The quantitative estimate of drug-likeness (QED) is 0.665. The van der Waals surface area contributed by atoms with E-state index < -0.39 is 0 Å². The van der Waals surface area contributed by atoms with E-state index in [1.165, 1.54) is 25.7 Å². The van der Waals surface area contributed by atoms with Gasteiger partial charge in [0.1, 0.15) is 0 Å². The fraction of sp³-hybridized carbons (Fsp3) is 1.00. The maximum Gasteiger partial charge on any atom is 0.0627 e. The van der Waals surface area contributed by atoms with Crippen molar-refractivity contribution in [2.75, 3.05) is 0 Å². The second-order valence-electron chi connectivity index (χ2n) is 7.71. The smallest absolute Gasteiger partial charge is 0.0627 e. The number of hydrogen-bond donors (Lipinski definition) is 1. The molecule has 0 saturated heterocycles. The first kappa shape index (κ1) is 11.1.